The maximum atomic E-state index is 13.2. The van der Waals surface area contributed by atoms with Gasteiger partial charge in [-0.15, -0.1) is 0 Å². The molecule has 1 aromatic carbocycles. The van der Waals surface area contributed by atoms with Gasteiger partial charge in [-0.05, 0) is 61.3 Å². The van der Waals surface area contributed by atoms with Crippen molar-refractivity contribution < 1.29 is 18.0 Å². The molecular weight excluding hydrogens is 377 g/mol. The summed E-state index contributed by atoms with van der Waals surface area (Å²) >= 11 is 0. The molecule has 6 heteroatoms. The molecule has 156 valence electrons. The molecule has 0 spiro atoms. The fourth-order valence-corrected chi connectivity index (χ4v) is 4.02. The number of hydrogen-bond donors (Lipinski definition) is 1. The van der Waals surface area contributed by atoms with E-state index in [0.29, 0.717) is 17.0 Å². The number of amides is 1. The second kappa shape index (κ2) is 8.17. The van der Waals surface area contributed by atoms with Crippen molar-refractivity contribution in [1.82, 2.24) is 10.3 Å². The predicted octanol–water partition coefficient (Wildman–Crippen LogP) is 6.10. The first-order valence-electron chi connectivity index (χ1n) is 9.99. The highest BCUT2D eigenvalue weighted by Gasteiger charge is 2.34. The first-order chi connectivity index (χ1) is 13.6. The Kier molecular flexibility index (Phi) is 6.01. The summed E-state index contributed by atoms with van der Waals surface area (Å²) in [6.07, 6.45) is 0.939. The number of alkyl halides is 3. The van der Waals surface area contributed by atoms with E-state index in [4.69, 9.17) is 0 Å². The van der Waals surface area contributed by atoms with Gasteiger partial charge in [0.1, 0.15) is 0 Å². The number of carbonyl (C=O) groups excluding carboxylic acids is 1. The zero-order valence-electron chi connectivity index (χ0n) is 17.0. The Balaban J connectivity index is 1.66. The van der Waals surface area contributed by atoms with Crippen LogP contribution in [0, 0.1) is 11.3 Å². The van der Waals surface area contributed by atoms with Gasteiger partial charge in [-0.1, -0.05) is 32.9 Å². The van der Waals surface area contributed by atoms with E-state index in [2.05, 4.69) is 31.1 Å². The van der Waals surface area contributed by atoms with Crippen molar-refractivity contribution in [3.63, 3.8) is 0 Å². The van der Waals surface area contributed by atoms with Crippen molar-refractivity contribution >= 4 is 5.91 Å². The molecule has 1 amide bonds. The monoisotopic (exact) mass is 404 g/mol. The summed E-state index contributed by atoms with van der Waals surface area (Å²) in [6, 6.07) is 8.57. The van der Waals surface area contributed by atoms with Crippen LogP contribution in [0.5, 0.6) is 0 Å². The number of nitrogens with one attached hydrogen (secondary N) is 1. The number of nitrogens with zero attached hydrogens (tertiary/aromatic N) is 1. The van der Waals surface area contributed by atoms with Crippen LogP contribution < -0.4 is 5.32 Å². The number of carbonyl (C=O) groups is 1. The standard InChI is InChI=1S/C23H27F3N2O/c1-22(2,3)17-10-12-18(13-11-17)28-21(29)16-8-6-15(7-9-16)20-19(23(24,25)26)5-4-14-27-20/h4-9,14,17-18H,10-13H2,1-3H3,(H,28,29). The molecular formula is C23H27F3N2O. The van der Waals surface area contributed by atoms with Crippen molar-refractivity contribution in [2.75, 3.05) is 0 Å². The third-order valence-electron chi connectivity index (χ3n) is 5.82. The fraction of sp³-hybridized carbons (Fsp3) is 0.478. The number of aromatic nitrogens is 1. The van der Waals surface area contributed by atoms with Gasteiger partial charge in [-0.2, -0.15) is 13.2 Å². The molecule has 0 saturated heterocycles. The summed E-state index contributed by atoms with van der Waals surface area (Å²) in [4.78, 5) is 16.4. The van der Waals surface area contributed by atoms with Crippen molar-refractivity contribution in [2.24, 2.45) is 11.3 Å². The van der Waals surface area contributed by atoms with E-state index in [0.717, 1.165) is 31.7 Å². The zero-order valence-corrected chi connectivity index (χ0v) is 17.0. The summed E-state index contributed by atoms with van der Waals surface area (Å²) in [6.45, 7) is 6.76. The van der Waals surface area contributed by atoms with Crippen LogP contribution in [0.3, 0.4) is 0 Å². The van der Waals surface area contributed by atoms with Crippen LogP contribution in [-0.2, 0) is 6.18 Å². The largest absolute Gasteiger partial charge is 0.418 e. The second-order valence-electron chi connectivity index (χ2n) is 8.86. The van der Waals surface area contributed by atoms with E-state index in [9.17, 15) is 18.0 Å². The fourth-order valence-electron chi connectivity index (χ4n) is 4.02. The first-order valence-corrected chi connectivity index (χ1v) is 9.99. The highest BCUT2D eigenvalue weighted by molar-refractivity contribution is 5.94. The average Bonchev–Trinajstić information content (AvgIpc) is 2.67. The number of pyridine rings is 1. The summed E-state index contributed by atoms with van der Waals surface area (Å²) in [5.74, 6) is 0.476. The number of halogens is 3. The van der Waals surface area contributed by atoms with Gasteiger partial charge >= 0.3 is 6.18 Å². The third-order valence-corrected chi connectivity index (χ3v) is 5.82. The van der Waals surface area contributed by atoms with Crippen LogP contribution in [0.15, 0.2) is 42.6 Å². The molecule has 0 atom stereocenters. The van der Waals surface area contributed by atoms with E-state index < -0.39 is 11.7 Å². The van der Waals surface area contributed by atoms with Crippen LogP contribution in [0.4, 0.5) is 13.2 Å². The molecule has 0 radical (unpaired) electrons. The topological polar surface area (TPSA) is 42.0 Å². The van der Waals surface area contributed by atoms with E-state index in [1.165, 1.54) is 24.4 Å². The smallest absolute Gasteiger partial charge is 0.349 e. The summed E-state index contributed by atoms with van der Waals surface area (Å²) < 4.78 is 39.6. The highest BCUT2D eigenvalue weighted by Crippen LogP contribution is 2.38. The molecule has 2 aromatic rings. The van der Waals surface area contributed by atoms with Gasteiger partial charge in [0.25, 0.3) is 5.91 Å². The molecule has 0 bridgehead atoms. The van der Waals surface area contributed by atoms with Crippen LogP contribution in [0.1, 0.15) is 62.4 Å². The number of hydrogen-bond acceptors (Lipinski definition) is 2. The quantitative estimate of drug-likeness (QED) is 0.671. The molecule has 1 heterocycles. The molecule has 1 N–H and O–H groups in total. The van der Waals surface area contributed by atoms with Gasteiger partial charge in [-0.25, -0.2) is 0 Å². The number of rotatable bonds is 3. The SMILES string of the molecule is CC(C)(C)C1CCC(NC(=O)c2ccc(-c3ncccc3C(F)(F)F)cc2)CC1. The van der Waals surface area contributed by atoms with Gasteiger partial charge < -0.3 is 5.32 Å². The molecule has 3 nitrogen and oxygen atoms in total. The van der Waals surface area contributed by atoms with E-state index in [1.54, 1.807) is 12.1 Å². The molecule has 1 aromatic heterocycles. The van der Waals surface area contributed by atoms with Gasteiger partial charge in [0.2, 0.25) is 0 Å². The van der Waals surface area contributed by atoms with Crippen molar-refractivity contribution in [2.45, 2.75) is 58.7 Å². The molecule has 1 fully saturated rings. The minimum absolute atomic E-state index is 0.132. The summed E-state index contributed by atoms with van der Waals surface area (Å²) in [5.41, 5.74) is 0.141. The first kappa shape index (κ1) is 21.3. The van der Waals surface area contributed by atoms with Crippen molar-refractivity contribution in [3.8, 4) is 11.3 Å². The second-order valence-corrected chi connectivity index (χ2v) is 8.86. The molecule has 1 aliphatic carbocycles. The van der Waals surface area contributed by atoms with Crippen LogP contribution in [0.2, 0.25) is 0 Å². The summed E-state index contributed by atoms with van der Waals surface area (Å²) in [7, 11) is 0. The Labute approximate surface area is 169 Å². The minimum Gasteiger partial charge on any atom is -0.349 e. The Hall–Kier alpha value is -2.37. The molecule has 1 aliphatic rings. The lowest BCUT2D eigenvalue weighted by Gasteiger charge is -2.37. The van der Waals surface area contributed by atoms with Crippen LogP contribution in [-0.4, -0.2) is 16.9 Å². The Bertz CT molecular complexity index is 846. The van der Waals surface area contributed by atoms with Crippen LogP contribution >= 0.6 is 0 Å². The predicted molar refractivity (Wildman–Crippen MR) is 107 cm³/mol. The third kappa shape index (κ3) is 5.17. The van der Waals surface area contributed by atoms with Crippen molar-refractivity contribution in [3.05, 3.63) is 53.7 Å². The zero-order chi connectivity index (χ0) is 21.2. The molecule has 0 aliphatic heterocycles. The minimum atomic E-state index is -4.48. The lowest BCUT2D eigenvalue weighted by molar-refractivity contribution is -0.137. The lowest BCUT2D eigenvalue weighted by Crippen LogP contribution is -2.39. The molecule has 3 rings (SSSR count). The normalized spacial score (nSPS) is 20.3. The maximum Gasteiger partial charge on any atom is 0.418 e. The maximum absolute atomic E-state index is 13.2. The highest BCUT2D eigenvalue weighted by atomic mass is 19.4. The molecule has 0 unspecified atom stereocenters. The van der Waals surface area contributed by atoms with Crippen LogP contribution in [0.25, 0.3) is 11.3 Å². The Morgan fingerprint density at radius 3 is 2.17 bits per heavy atom. The number of benzene rings is 1. The van der Waals surface area contributed by atoms with E-state index in [-0.39, 0.29) is 23.1 Å². The molecule has 29 heavy (non-hydrogen) atoms. The Morgan fingerprint density at radius 2 is 1.62 bits per heavy atom. The van der Waals surface area contributed by atoms with Gasteiger partial charge in [0.05, 0.1) is 11.3 Å². The Morgan fingerprint density at radius 1 is 1.00 bits per heavy atom. The van der Waals surface area contributed by atoms with E-state index in [1.807, 2.05) is 0 Å². The van der Waals surface area contributed by atoms with Gasteiger partial charge in [0, 0.05) is 23.4 Å². The van der Waals surface area contributed by atoms with Gasteiger partial charge in [0.15, 0.2) is 0 Å². The lowest BCUT2D eigenvalue weighted by atomic mass is 9.71. The van der Waals surface area contributed by atoms with E-state index >= 15 is 0 Å². The molecule has 1 saturated carbocycles. The van der Waals surface area contributed by atoms with Gasteiger partial charge in [-0.3, -0.25) is 9.78 Å². The van der Waals surface area contributed by atoms with Crippen molar-refractivity contribution in [1.29, 1.82) is 0 Å². The summed E-state index contributed by atoms with van der Waals surface area (Å²) in [5, 5.41) is 3.07. The average molecular weight is 404 g/mol.